The predicted octanol–water partition coefficient (Wildman–Crippen LogP) is 5.15. The number of unbranched alkanes of at least 4 members (excludes halogenated alkanes) is 11. The molecule has 1 rings (SSSR count). The zero-order chi connectivity index (χ0) is 24.0. The van der Waals surface area contributed by atoms with Crippen molar-refractivity contribution in [1.82, 2.24) is 5.32 Å². The first-order valence-electron chi connectivity index (χ1n) is 13.4. The molecule has 0 saturated heterocycles. The Bertz CT molecular complexity index is 524. The molecule has 4 N–H and O–H groups in total. The summed E-state index contributed by atoms with van der Waals surface area (Å²) in [5.74, 6) is 0.0126. The zero-order valence-electron chi connectivity index (χ0n) is 21.0. The number of carbonyl (C=O) groups is 1. The Hall–Kier alpha value is -1.21. The van der Waals surface area contributed by atoms with E-state index in [0.29, 0.717) is 19.6 Å². The molecule has 0 fully saturated rings. The molecular formula is C27H50N2O4. The van der Waals surface area contributed by atoms with Crippen molar-refractivity contribution in [3.8, 4) is 0 Å². The summed E-state index contributed by atoms with van der Waals surface area (Å²) in [7, 11) is 0. The second-order valence-electron chi connectivity index (χ2n) is 9.07. The van der Waals surface area contributed by atoms with Crippen molar-refractivity contribution in [2.45, 2.75) is 122 Å². The van der Waals surface area contributed by atoms with Crippen LogP contribution in [0.3, 0.4) is 0 Å². The first-order valence-corrected chi connectivity index (χ1v) is 13.4. The van der Waals surface area contributed by atoms with Crippen LogP contribution in [0.25, 0.3) is 0 Å². The van der Waals surface area contributed by atoms with E-state index in [4.69, 9.17) is 15.2 Å². The number of nitrogens with one attached hydrogen (secondary N) is 1. The number of amides is 1. The SMILES string of the molecule is CCCCCCCC/C=C\CCCCCCCC(=O)NC[C@H]1OC(OCCCN)C=C[C@@H]1O. The van der Waals surface area contributed by atoms with Gasteiger partial charge in [0, 0.05) is 13.0 Å². The fourth-order valence-corrected chi connectivity index (χ4v) is 3.83. The van der Waals surface area contributed by atoms with Gasteiger partial charge in [0.25, 0.3) is 0 Å². The van der Waals surface area contributed by atoms with Crippen LogP contribution in [0, 0.1) is 0 Å². The molecule has 0 radical (unpaired) electrons. The van der Waals surface area contributed by atoms with Crippen LogP contribution in [0.4, 0.5) is 0 Å². The highest BCUT2D eigenvalue weighted by Gasteiger charge is 2.26. The fraction of sp³-hybridized carbons (Fsp3) is 0.815. The highest BCUT2D eigenvalue weighted by molar-refractivity contribution is 5.75. The summed E-state index contributed by atoms with van der Waals surface area (Å²) >= 11 is 0. The Balaban J connectivity index is 1.94. The number of allylic oxidation sites excluding steroid dienone is 2. The number of aliphatic hydroxyl groups is 1. The quantitative estimate of drug-likeness (QED) is 0.161. The lowest BCUT2D eigenvalue weighted by molar-refractivity contribution is -0.170. The number of rotatable bonds is 21. The van der Waals surface area contributed by atoms with Gasteiger partial charge in [-0.1, -0.05) is 76.5 Å². The Morgan fingerprint density at radius 2 is 1.61 bits per heavy atom. The van der Waals surface area contributed by atoms with Crippen molar-refractivity contribution < 1.29 is 19.4 Å². The minimum absolute atomic E-state index is 0.0126. The Morgan fingerprint density at radius 1 is 0.970 bits per heavy atom. The molecule has 192 valence electrons. The molecule has 3 atom stereocenters. The van der Waals surface area contributed by atoms with Gasteiger partial charge in [-0.3, -0.25) is 4.79 Å². The third-order valence-electron chi connectivity index (χ3n) is 5.95. The van der Waals surface area contributed by atoms with E-state index in [1.807, 2.05) is 0 Å². The third-order valence-corrected chi connectivity index (χ3v) is 5.95. The lowest BCUT2D eigenvalue weighted by Crippen LogP contribution is -2.44. The van der Waals surface area contributed by atoms with Gasteiger partial charge < -0.3 is 25.6 Å². The number of ether oxygens (including phenoxy) is 2. The molecule has 0 saturated carbocycles. The van der Waals surface area contributed by atoms with Gasteiger partial charge in [0.05, 0.1) is 6.61 Å². The molecule has 0 spiro atoms. The normalized spacial score (nSPS) is 20.5. The maximum absolute atomic E-state index is 12.1. The largest absolute Gasteiger partial charge is 0.386 e. The van der Waals surface area contributed by atoms with Crippen LogP contribution in [-0.2, 0) is 14.3 Å². The number of nitrogens with two attached hydrogens (primary N) is 1. The van der Waals surface area contributed by atoms with Crippen LogP contribution >= 0.6 is 0 Å². The minimum Gasteiger partial charge on any atom is -0.386 e. The maximum atomic E-state index is 12.1. The highest BCUT2D eigenvalue weighted by atomic mass is 16.7. The van der Waals surface area contributed by atoms with Crippen LogP contribution in [0.5, 0.6) is 0 Å². The summed E-state index contributed by atoms with van der Waals surface area (Å²) in [6, 6.07) is 0. The average Bonchev–Trinajstić information content (AvgIpc) is 2.82. The summed E-state index contributed by atoms with van der Waals surface area (Å²) in [6.45, 7) is 3.62. The second-order valence-corrected chi connectivity index (χ2v) is 9.07. The van der Waals surface area contributed by atoms with Crippen LogP contribution in [-0.4, -0.2) is 49.2 Å². The predicted molar refractivity (Wildman–Crippen MR) is 136 cm³/mol. The first-order chi connectivity index (χ1) is 16.2. The van der Waals surface area contributed by atoms with Gasteiger partial charge in [0.2, 0.25) is 5.91 Å². The van der Waals surface area contributed by atoms with Crippen molar-refractivity contribution in [2.24, 2.45) is 5.73 Å². The van der Waals surface area contributed by atoms with Gasteiger partial charge >= 0.3 is 0 Å². The molecule has 1 aliphatic rings. The Labute approximate surface area is 202 Å². The van der Waals surface area contributed by atoms with Gasteiger partial charge in [-0.2, -0.15) is 0 Å². The van der Waals surface area contributed by atoms with E-state index < -0.39 is 18.5 Å². The summed E-state index contributed by atoms with van der Waals surface area (Å²) in [4.78, 5) is 12.1. The van der Waals surface area contributed by atoms with Crippen molar-refractivity contribution in [3.05, 3.63) is 24.3 Å². The smallest absolute Gasteiger partial charge is 0.220 e. The monoisotopic (exact) mass is 466 g/mol. The number of hydrogen-bond donors (Lipinski definition) is 3. The average molecular weight is 467 g/mol. The fourth-order valence-electron chi connectivity index (χ4n) is 3.83. The standard InChI is InChI=1S/C27H50N2O4/c1-2-3-4-5-6-7-8-9-10-11-12-13-14-15-16-18-26(31)29-23-25-24(30)19-20-27(33-25)32-22-17-21-28/h9-10,19-20,24-25,27,30H,2-8,11-18,21-23,28H2,1H3,(H,29,31)/b10-9-/t24-,25+,27?/m0/s1. The van der Waals surface area contributed by atoms with E-state index in [1.54, 1.807) is 12.2 Å². The second kappa shape index (κ2) is 21.3. The molecule has 0 bridgehead atoms. The van der Waals surface area contributed by atoms with Crippen LogP contribution in [0.2, 0.25) is 0 Å². The van der Waals surface area contributed by atoms with E-state index in [2.05, 4.69) is 24.4 Å². The van der Waals surface area contributed by atoms with Crippen molar-refractivity contribution in [2.75, 3.05) is 19.7 Å². The molecule has 0 aromatic carbocycles. The van der Waals surface area contributed by atoms with E-state index in [-0.39, 0.29) is 12.5 Å². The van der Waals surface area contributed by atoms with E-state index in [1.165, 1.54) is 70.6 Å². The summed E-state index contributed by atoms with van der Waals surface area (Å²) in [5.41, 5.74) is 5.46. The minimum atomic E-state index is -0.737. The topological polar surface area (TPSA) is 93.8 Å². The highest BCUT2D eigenvalue weighted by Crippen LogP contribution is 2.14. The maximum Gasteiger partial charge on any atom is 0.220 e. The Morgan fingerprint density at radius 3 is 2.27 bits per heavy atom. The summed E-state index contributed by atoms with van der Waals surface area (Å²) < 4.78 is 11.3. The molecule has 6 nitrogen and oxygen atoms in total. The van der Waals surface area contributed by atoms with Gasteiger partial charge in [-0.25, -0.2) is 0 Å². The Kier molecular flexibility index (Phi) is 19.3. The molecule has 1 amide bonds. The molecular weight excluding hydrogens is 416 g/mol. The molecule has 0 aromatic rings. The van der Waals surface area contributed by atoms with Gasteiger partial charge in [0.15, 0.2) is 6.29 Å². The molecule has 0 aliphatic carbocycles. The van der Waals surface area contributed by atoms with Crippen LogP contribution in [0.15, 0.2) is 24.3 Å². The van der Waals surface area contributed by atoms with E-state index >= 15 is 0 Å². The summed E-state index contributed by atoms with van der Waals surface area (Å²) in [6.07, 6.45) is 23.8. The van der Waals surface area contributed by atoms with Crippen molar-refractivity contribution in [1.29, 1.82) is 0 Å². The van der Waals surface area contributed by atoms with Crippen molar-refractivity contribution >= 4 is 5.91 Å². The molecule has 1 aliphatic heterocycles. The number of carbonyl (C=O) groups excluding carboxylic acids is 1. The van der Waals surface area contributed by atoms with Gasteiger partial charge in [-0.15, -0.1) is 0 Å². The van der Waals surface area contributed by atoms with Crippen LogP contribution in [0.1, 0.15) is 103 Å². The van der Waals surface area contributed by atoms with Crippen LogP contribution < -0.4 is 11.1 Å². The third kappa shape index (κ3) is 17.0. The lowest BCUT2D eigenvalue weighted by atomic mass is 10.1. The number of hydrogen-bond acceptors (Lipinski definition) is 5. The van der Waals surface area contributed by atoms with Gasteiger partial charge in [-0.05, 0) is 51.1 Å². The van der Waals surface area contributed by atoms with E-state index in [0.717, 1.165) is 19.3 Å². The van der Waals surface area contributed by atoms with E-state index in [9.17, 15) is 9.90 Å². The number of aliphatic hydroxyl groups excluding tert-OH is 1. The lowest BCUT2D eigenvalue weighted by Gasteiger charge is -2.29. The zero-order valence-corrected chi connectivity index (χ0v) is 21.0. The summed E-state index contributed by atoms with van der Waals surface area (Å²) in [5, 5.41) is 12.9. The molecule has 33 heavy (non-hydrogen) atoms. The van der Waals surface area contributed by atoms with Crippen molar-refractivity contribution in [3.63, 3.8) is 0 Å². The first kappa shape index (κ1) is 29.8. The van der Waals surface area contributed by atoms with Gasteiger partial charge in [0.1, 0.15) is 12.2 Å². The molecule has 1 unspecified atom stereocenters. The molecule has 6 heteroatoms. The molecule has 1 heterocycles. The molecule has 0 aromatic heterocycles.